The average molecular weight is 359 g/mol. The van der Waals surface area contributed by atoms with Crippen molar-refractivity contribution in [2.24, 2.45) is 0 Å². The van der Waals surface area contributed by atoms with Gasteiger partial charge in [-0.05, 0) is 30.3 Å². The molecule has 0 saturated carbocycles. The monoisotopic (exact) mass is 359 g/mol. The van der Waals surface area contributed by atoms with Gasteiger partial charge in [0.1, 0.15) is 0 Å². The maximum atomic E-state index is 12.7. The van der Waals surface area contributed by atoms with Crippen LogP contribution in [0.3, 0.4) is 0 Å². The summed E-state index contributed by atoms with van der Waals surface area (Å²) in [4.78, 5) is 24.4. The molecule has 0 saturated heterocycles. The molecule has 4 nitrogen and oxygen atoms in total. The fourth-order valence-electron chi connectivity index (χ4n) is 2.28. The number of halogens is 3. The van der Waals surface area contributed by atoms with E-state index in [0.717, 1.165) is 12.1 Å². The molecule has 1 aromatic heterocycles. The van der Waals surface area contributed by atoms with Crippen LogP contribution < -0.4 is 5.32 Å². The highest BCUT2D eigenvalue weighted by atomic mass is 19.4. The fraction of sp³-hybridized carbons (Fsp3) is 0.0526. The lowest BCUT2D eigenvalue weighted by Crippen LogP contribution is -2.12. The van der Waals surface area contributed by atoms with Crippen molar-refractivity contribution in [1.29, 1.82) is 0 Å². The van der Waals surface area contributed by atoms with Gasteiger partial charge >= 0.3 is 6.18 Å². The molecule has 0 spiro atoms. The number of furan rings is 1. The van der Waals surface area contributed by atoms with E-state index in [9.17, 15) is 22.8 Å². The molecule has 2 aromatic carbocycles. The van der Waals surface area contributed by atoms with Crippen LogP contribution in [0.2, 0.25) is 0 Å². The Labute approximate surface area is 146 Å². The minimum atomic E-state index is -4.51. The molecule has 132 valence electrons. The van der Waals surface area contributed by atoms with Crippen molar-refractivity contribution < 1.29 is 27.2 Å². The molecule has 3 rings (SSSR count). The summed E-state index contributed by atoms with van der Waals surface area (Å²) in [6.07, 6.45) is -4.51. The van der Waals surface area contributed by atoms with Crippen LogP contribution in [0, 0.1) is 0 Å². The van der Waals surface area contributed by atoms with Gasteiger partial charge < -0.3 is 9.73 Å². The third-order valence-electron chi connectivity index (χ3n) is 3.54. The van der Waals surface area contributed by atoms with E-state index >= 15 is 0 Å². The van der Waals surface area contributed by atoms with Gasteiger partial charge in [-0.2, -0.15) is 13.2 Å². The molecule has 0 aliphatic heterocycles. The maximum absolute atomic E-state index is 12.7. The van der Waals surface area contributed by atoms with Gasteiger partial charge in [-0.15, -0.1) is 0 Å². The lowest BCUT2D eigenvalue weighted by Gasteiger charge is -2.09. The highest BCUT2D eigenvalue weighted by Crippen LogP contribution is 2.30. The molecule has 1 amide bonds. The highest BCUT2D eigenvalue weighted by molar-refractivity contribution is 6.08. The minimum Gasteiger partial charge on any atom is -0.447 e. The van der Waals surface area contributed by atoms with Crippen molar-refractivity contribution in [3.8, 4) is 0 Å². The number of amides is 1. The quantitative estimate of drug-likeness (QED) is 0.682. The Balaban J connectivity index is 1.76. The molecule has 1 N–H and O–H groups in total. The van der Waals surface area contributed by atoms with Crippen LogP contribution >= 0.6 is 0 Å². The summed E-state index contributed by atoms with van der Waals surface area (Å²) in [5.74, 6) is -1.37. The first-order valence-corrected chi connectivity index (χ1v) is 7.53. The topological polar surface area (TPSA) is 59.3 Å². The van der Waals surface area contributed by atoms with E-state index in [1.165, 1.54) is 24.3 Å². The standard InChI is InChI=1S/C19H12F3NO3/c20-19(21,22)13-7-4-8-14(11-13)23-18(25)16-10-9-15(26-16)17(24)12-5-2-1-3-6-12/h1-11H,(H,23,25). The molecule has 7 heteroatoms. The molecule has 0 fully saturated rings. The summed E-state index contributed by atoms with van der Waals surface area (Å²) in [7, 11) is 0. The van der Waals surface area contributed by atoms with Gasteiger partial charge in [0, 0.05) is 11.3 Å². The van der Waals surface area contributed by atoms with Crippen molar-refractivity contribution in [3.63, 3.8) is 0 Å². The molecule has 0 radical (unpaired) electrons. The van der Waals surface area contributed by atoms with Crippen LogP contribution in [-0.4, -0.2) is 11.7 Å². The number of hydrogen-bond acceptors (Lipinski definition) is 3. The Hall–Kier alpha value is -3.35. The lowest BCUT2D eigenvalue weighted by atomic mass is 10.1. The average Bonchev–Trinajstić information content (AvgIpc) is 3.11. The van der Waals surface area contributed by atoms with Crippen molar-refractivity contribution in [3.05, 3.63) is 89.4 Å². The zero-order valence-electron chi connectivity index (χ0n) is 13.2. The molecule has 26 heavy (non-hydrogen) atoms. The Kier molecular flexibility index (Phi) is 4.62. The first-order valence-electron chi connectivity index (χ1n) is 7.53. The molecule has 0 aliphatic carbocycles. The van der Waals surface area contributed by atoms with Crippen LogP contribution in [0.4, 0.5) is 18.9 Å². The number of benzene rings is 2. The van der Waals surface area contributed by atoms with Gasteiger partial charge in [0.15, 0.2) is 11.5 Å². The number of alkyl halides is 3. The van der Waals surface area contributed by atoms with E-state index in [1.807, 2.05) is 0 Å². The summed E-state index contributed by atoms with van der Waals surface area (Å²) in [6, 6.07) is 15.2. The number of nitrogens with one attached hydrogen (secondary N) is 1. The number of ketones is 1. The van der Waals surface area contributed by atoms with E-state index in [1.54, 1.807) is 30.3 Å². The predicted molar refractivity (Wildman–Crippen MR) is 88.0 cm³/mol. The Morgan fingerprint density at radius 3 is 2.23 bits per heavy atom. The molecule has 0 bridgehead atoms. The SMILES string of the molecule is O=C(Nc1cccc(C(F)(F)F)c1)c1ccc(C(=O)c2ccccc2)o1. The second-order valence-electron chi connectivity index (χ2n) is 5.39. The van der Waals surface area contributed by atoms with Crippen LogP contribution in [0.15, 0.2) is 71.1 Å². The van der Waals surface area contributed by atoms with Crippen molar-refractivity contribution >= 4 is 17.4 Å². The zero-order chi connectivity index (χ0) is 18.7. The summed E-state index contributed by atoms with van der Waals surface area (Å²) < 4.78 is 43.4. The molecular formula is C19H12F3NO3. The molecule has 0 unspecified atom stereocenters. The molecule has 3 aromatic rings. The number of rotatable bonds is 4. The van der Waals surface area contributed by atoms with Gasteiger partial charge in [0.25, 0.3) is 5.91 Å². The molecule has 1 heterocycles. The number of carbonyl (C=O) groups excluding carboxylic acids is 2. The fourth-order valence-corrected chi connectivity index (χ4v) is 2.28. The van der Waals surface area contributed by atoms with E-state index in [0.29, 0.717) is 5.56 Å². The van der Waals surface area contributed by atoms with E-state index in [-0.39, 0.29) is 17.2 Å². The van der Waals surface area contributed by atoms with Gasteiger partial charge in [-0.25, -0.2) is 0 Å². The lowest BCUT2D eigenvalue weighted by molar-refractivity contribution is -0.137. The van der Waals surface area contributed by atoms with E-state index < -0.39 is 23.4 Å². The van der Waals surface area contributed by atoms with Crippen LogP contribution in [0.25, 0.3) is 0 Å². The summed E-state index contributed by atoms with van der Waals surface area (Å²) >= 11 is 0. The molecular weight excluding hydrogens is 347 g/mol. The summed E-state index contributed by atoms with van der Waals surface area (Å²) in [5.41, 5.74) is -0.515. The normalized spacial score (nSPS) is 11.2. The first-order chi connectivity index (χ1) is 12.3. The van der Waals surface area contributed by atoms with Crippen molar-refractivity contribution in [1.82, 2.24) is 0 Å². The van der Waals surface area contributed by atoms with Crippen LogP contribution in [0.5, 0.6) is 0 Å². The second-order valence-corrected chi connectivity index (χ2v) is 5.39. The Morgan fingerprint density at radius 1 is 0.846 bits per heavy atom. The van der Waals surface area contributed by atoms with Gasteiger partial charge in [-0.1, -0.05) is 36.4 Å². The number of anilines is 1. The third kappa shape index (κ3) is 3.83. The largest absolute Gasteiger partial charge is 0.447 e. The van der Waals surface area contributed by atoms with Gasteiger partial charge in [0.2, 0.25) is 5.78 Å². The number of hydrogen-bond donors (Lipinski definition) is 1. The van der Waals surface area contributed by atoms with Gasteiger partial charge in [-0.3, -0.25) is 9.59 Å². The second kappa shape index (κ2) is 6.87. The minimum absolute atomic E-state index is 0.0304. The summed E-state index contributed by atoms with van der Waals surface area (Å²) in [5, 5.41) is 2.32. The van der Waals surface area contributed by atoms with E-state index in [2.05, 4.69) is 5.32 Å². The van der Waals surface area contributed by atoms with Crippen molar-refractivity contribution in [2.75, 3.05) is 5.32 Å². The number of carbonyl (C=O) groups is 2. The smallest absolute Gasteiger partial charge is 0.416 e. The van der Waals surface area contributed by atoms with Crippen LogP contribution in [0.1, 0.15) is 32.2 Å². The third-order valence-corrected chi connectivity index (χ3v) is 3.54. The zero-order valence-corrected chi connectivity index (χ0v) is 13.2. The predicted octanol–water partition coefficient (Wildman–Crippen LogP) is 4.78. The van der Waals surface area contributed by atoms with Crippen LogP contribution in [-0.2, 0) is 6.18 Å². The van der Waals surface area contributed by atoms with Gasteiger partial charge in [0.05, 0.1) is 5.56 Å². The molecule has 0 atom stereocenters. The summed E-state index contributed by atoms with van der Waals surface area (Å²) in [6.45, 7) is 0. The van der Waals surface area contributed by atoms with E-state index in [4.69, 9.17) is 4.42 Å². The Bertz CT molecular complexity index is 946. The first kappa shape index (κ1) is 17.5. The maximum Gasteiger partial charge on any atom is 0.416 e. The Morgan fingerprint density at radius 2 is 1.54 bits per heavy atom. The molecule has 0 aliphatic rings. The highest BCUT2D eigenvalue weighted by Gasteiger charge is 2.30. The van der Waals surface area contributed by atoms with Crippen molar-refractivity contribution in [2.45, 2.75) is 6.18 Å².